The predicted octanol–water partition coefficient (Wildman–Crippen LogP) is 3.55. The van der Waals surface area contributed by atoms with Crippen LogP contribution in [0.15, 0.2) is 51.9 Å². The van der Waals surface area contributed by atoms with Crippen LogP contribution >= 0.6 is 0 Å². The van der Waals surface area contributed by atoms with Gasteiger partial charge in [0.15, 0.2) is 0 Å². The summed E-state index contributed by atoms with van der Waals surface area (Å²) in [5, 5.41) is 6.83. The molecule has 0 spiro atoms. The molecule has 8 heteroatoms. The largest absolute Gasteiger partial charge is 0.467 e. The van der Waals surface area contributed by atoms with E-state index in [4.69, 9.17) is 8.94 Å². The molecule has 2 amide bonds. The third kappa shape index (κ3) is 3.99. The highest BCUT2D eigenvalue weighted by Crippen LogP contribution is 2.30. The average Bonchev–Trinajstić information content (AvgIpc) is 3.35. The second kappa shape index (κ2) is 8.03. The van der Waals surface area contributed by atoms with Crippen molar-refractivity contribution >= 4 is 6.03 Å². The summed E-state index contributed by atoms with van der Waals surface area (Å²) in [7, 11) is 0. The lowest BCUT2D eigenvalue weighted by atomic mass is 10.1. The van der Waals surface area contributed by atoms with Crippen LogP contribution in [0.25, 0.3) is 11.4 Å². The molecule has 3 aromatic heterocycles. The van der Waals surface area contributed by atoms with Crippen molar-refractivity contribution < 1.29 is 13.7 Å². The molecule has 1 fully saturated rings. The lowest BCUT2D eigenvalue weighted by Crippen LogP contribution is -2.41. The Morgan fingerprint density at radius 2 is 2.22 bits per heavy atom. The first-order valence-corrected chi connectivity index (χ1v) is 9.12. The molecule has 4 heterocycles. The summed E-state index contributed by atoms with van der Waals surface area (Å²) in [6, 6.07) is 7.24. The Labute approximate surface area is 156 Å². The highest BCUT2D eigenvalue weighted by Gasteiger charge is 2.28. The van der Waals surface area contributed by atoms with Crippen LogP contribution < -0.4 is 5.32 Å². The van der Waals surface area contributed by atoms with Crippen molar-refractivity contribution in [2.75, 3.05) is 6.54 Å². The second-order valence-electron chi connectivity index (χ2n) is 6.49. The fraction of sp³-hybridized carbons (Fsp3) is 0.368. The van der Waals surface area contributed by atoms with Gasteiger partial charge in [-0.25, -0.2) is 4.79 Å². The molecule has 0 aliphatic carbocycles. The summed E-state index contributed by atoms with van der Waals surface area (Å²) in [6.07, 6.45) is 9.06. The number of aromatic nitrogens is 3. The number of hydrogen-bond donors (Lipinski definition) is 1. The standard InChI is InChI=1S/C19H21N5O3/c25-19(24-10-3-1-2-7-15(24)16-8-5-11-26-16)21-13-17-22-18(23-27-17)14-6-4-9-20-12-14/h4-6,8-9,11-12,15H,1-3,7,10,13H2,(H,21,25)/t15-/m1/s1. The zero-order valence-electron chi connectivity index (χ0n) is 14.9. The van der Waals surface area contributed by atoms with Gasteiger partial charge in [0.1, 0.15) is 5.76 Å². The molecule has 0 radical (unpaired) electrons. The van der Waals surface area contributed by atoms with Crippen LogP contribution in [0.5, 0.6) is 0 Å². The zero-order chi connectivity index (χ0) is 18.5. The highest BCUT2D eigenvalue weighted by atomic mass is 16.5. The fourth-order valence-electron chi connectivity index (χ4n) is 3.32. The normalized spacial score (nSPS) is 17.5. The summed E-state index contributed by atoms with van der Waals surface area (Å²) < 4.78 is 10.8. The van der Waals surface area contributed by atoms with Crippen LogP contribution in [0.1, 0.15) is 43.4 Å². The third-order valence-electron chi connectivity index (χ3n) is 4.66. The molecule has 4 rings (SSSR count). The molecular formula is C19H21N5O3. The number of pyridine rings is 1. The van der Waals surface area contributed by atoms with Crippen LogP contribution in [0.3, 0.4) is 0 Å². The Morgan fingerprint density at radius 3 is 3.04 bits per heavy atom. The number of carbonyl (C=O) groups excluding carboxylic acids is 1. The Morgan fingerprint density at radius 1 is 1.26 bits per heavy atom. The molecule has 1 atom stereocenters. The molecule has 27 heavy (non-hydrogen) atoms. The van der Waals surface area contributed by atoms with Gasteiger partial charge < -0.3 is 19.2 Å². The molecule has 8 nitrogen and oxygen atoms in total. The van der Waals surface area contributed by atoms with Crippen molar-refractivity contribution in [2.24, 2.45) is 0 Å². The number of furan rings is 1. The van der Waals surface area contributed by atoms with Gasteiger partial charge in [0.25, 0.3) is 0 Å². The molecule has 1 aliphatic rings. The second-order valence-corrected chi connectivity index (χ2v) is 6.49. The molecule has 1 saturated heterocycles. The van der Waals surface area contributed by atoms with Crippen LogP contribution in [0, 0.1) is 0 Å². The summed E-state index contributed by atoms with van der Waals surface area (Å²) >= 11 is 0. The van der Waals surface area contributed by atoms with Gasteiger partial charge in [0.2, 0.25) is 11.7 Å². The maximum absolute atomic E-state index is 12.8. The monoisotopic (exact) mass is 367 g/mol. The van der Waals surface area contributed by atoms with Gasteiger partial charge in [0.05, 0.1) is 18.8 Å². The first-order valence-electron chi connectivity index (χ1n) is 9.12. The Bertz CT molecular complexity index is 863. The molecule has 3 aromatic rings. The predicted molar refractivity (Wildman–Crippen MR) is 96.4 cm³/mol. The first-order chi connectivity index (χ1) is 13.3. The van der Waals surface area contributed by atoms with E-state index in [1.165, 1.54) is 0 Å². The van der Waals surface area contributed by atoms with Crippen molar-refractivity contribution in [3.8, 4) is 11.4 Å². The smallest absolute Gasteiger partial charge is 0.318 e. The lowest BCUT2D eigenvalue weighted by Gasteiger charge is -2.28. The number of nitrogens with one attached hydrogen (secondary N) is 1. The summed E-state index contributed by atoms with van der Waals surface area (Å²) in [4.78, 5) is 23.0. The minimum absolute atomic E-state index is 0.0452. The van der Waals surface area contributed by atoms with E-state index >= 15 is 0 Å². The van der Waals surface area contributed by atoms with Crippen molar-refractivity contribution in [3.63, 3.8) is 0 Å². The van der Waals surface area contributed by atoms with Gasteiger partial charge in [0, 0.05) is 24.5 Å². The number of hydrogen-bond acceptors (Lipinski definition) is 6. The minimum atomic E-state index is -0.153. The molecule has 1 N–H and O–H groups in total. The molecule has 0 aromatic carbocycles. The van der Waals surface area contributed by atoms with E-state index in [0.717, 1.165) is 37.0 Å². The van der Waals surface area contributed by atoms with Crippen molar-refractivity contribution in [3.05, 3.63) is 54.6 Å². The molecule has 1 aliphatic heterocycles. The topological polar surface area (TPSA) is 97.3 Å². The number of carbonyl (C=O) groups is 1. The highest BCUT2D eigenvalue weighted by molar-refractivity contribution is 5.74. The third-order valence-corrected chi connectivity index (χ3v) is 4.66. The number of likely N-dealkylation sites (tertiary alicyclic amines) is 1. The van der Waals surface area contributed by atoms with Crippen molar-refractivity contribution in [1.82, 2.24) is 25.3 Å². The van der Waals surface area contributed by atoms with Crippen molar-refractivity contribution in [1.29, 1.82) is 0 Å². The van der Waals surface area contributed by atoms with Gasteiger partial charge in [-0.1, -0.05) is 18.0 Å². The summed E-state index contributed by atoms with van der Waals surface area (Å²) in [5.41, 5.74) is 0.768. The van der Waals surface area contributed by atoms with Crippen LogP contribution in [0.4, 0.5) is 4.79 Å². The van der Waals surface area contributed by atoms with Crippen LogP contribution in [-0.2, 0) is 6.54 Å². The van der Waals surface area contributed by atoms with Crippen LogP contribution in [0.2, 0.25) is 0 Å². The first kappa shape index (κ1) is 17.3. The Hall–Kier alpha value is -3.16. The number of rotatable bonds is 4. The van der Waals surface area contributed by atoms with E-state index in [1.807, 2.05) is 23.1 Å². The SMILES string of the molecule is O=C(NCc1nc(-c2cccnc2)no1)N1CCCCC[C@@H]1c1ccco1. The number of nitrogens with zero attached hydrogens (tertiary/aromatic N) is 4. The summed E-state index contributed by atoms with van der Waals surface area (Å²) in [5.74, 6) is 1.63. The molecule has 0 unspecified atom stereocenters. The quantitative estimate of drug-likeness (QED) is 0.757. The average molecular weight is 367 g/mol. The van der Waals surface area contributed by atoms with Gasteiger partial charge in [-0.15, -0.1) is 0 Å². The molecule has 0 bridgehead atoms. The van der Waals surface area contributed by atoms with E-state index in [-0.39, 0.29) is 18.6 Å². The van der Waals surface area contributed by atoms with E-state index in [0.29, 0.717) is 18.3 Å². The van der Waals surface area contributed by atoms with E-state index < -0.39 is 0 Å². The van der Waals surface area contributed by atoms with E-state index in [1.54, 1.807) is 24.7 Å². The maximum Gasteiger partial charge on any atom is 0.318 e. The number of amides is 2. The van der Waals surface area contributed by atoms with Crippen molar-refractivity contribution in [2.45, 2.75) is 38.3 Å². The van der Waals surface area contributed by atoms with Gasteiger partial charge in [-0.2, -0.15) is 4.98 Å². The van der Waals surface area contributed by atoms with Crippen LogP contribution in [-0.4, -0.2) is 32.6 Å². The van der Waals surface area contributed by atoms with E-state index in [2.05, 4.69) is 20.4 Å². The lowest BCUT2D eigenvalue weighted by molar-refractivity contribution is 0.164. The Kier molecular flexibility index (Phi) is 5.13. The molecular weight excluding hydrogens is 346 g/mol. The Balaban J connectivity index is 1.41. The molecule has 140 valence electrons. The summed E-state index contributed by atoms with van der Waals surface area (Å²) in [6.45, 7) is 0.870. The number of urea groups is 1. The minimum Gasteiger partial charge on any atom is -0.467 e. The molecule has 0 saturated carbocycles. The maximum atomic E-state index is 12.8. The van der Waals surface area contributed by atoms with Gasteiger partial charge in [-0.05, 0) is 37.1 Å². The van der Waals surface area contributed by atoms with Gasteiger partial charge >= 0.3 is 6.03 Å². The van der Waals surface area contributed by atoms with E-state index in [9.17, 15) is 4.79 Å². The van der Waals surface area contributed by atoms with Gasteiger partial charge in [-0.3, -0.25) is 4.98 Å². The fourth-order valence-corrected chi connectivity index (χ4v) is 3.32. The zero-order valence-corrected chi connectivity index (χ0v) is 14.9.